The van der Waals surface area contributed by atoms with E-state index < -0.39 is 10.1 Å². The molecule has 0 unspecified atom stereocenters. The van der Waals surface area contributed by atoms with Crippen molar-refractivity contribution in [2.75, 3.05) is 18.4 Å². The van der Waals surface area contributed by atoms with Crippen molar-refractivity contribution in [3.8, 4) is 5.75 Å². The first-order valence-corrected chi connectivity index (χ1v) is 12.7. The van der Waals surface area contributed by atoms with Crippen molar-refractivity contribution < 1.29 is 17.4 Å². The van der Waals surface area contributed by atoms with Gasteiger partial charge >= 0.3 is 10.1 Å². The molecule has 1 aliphatic carbocycles. The first kappa shape index (κ1) is 21.7. The lowest BCUT2D eigenvalue weighted by Gasteiger charge is -2.33. The number of amides is 1. The number of aromatic nitrogens is 1. The van der Waals surface area contributed by atoms with E-state index in [1.807, 2.05) is 17.9 Å². The fraction of sp³-hybridized carbons (Fsp3) is 0.360. The molecule has 0 spiro atoms. The van der Waals surface area contributed by atoms with Crippen LogP contribution in [-0.2, 0) is 14.9 Å². The number of hydrogen-bond acceptors (Lipinski definition) is 6. The van der Waals surface area contributed by atoms with Gasteiger partial charge in [0.05, 0.1) is 0 Å². The maximum absolute atomic E-state index is 12.8. The topological polar surface area (TPSA) is 88.6 Å². The Balaban J connectivity index is 1.36. The van der Waals surface area contributed by atoms with Crippen LogP contribution in [0.25, 0.3) is 10.8 Å². The number of hydrogen-bond donors (Lipinski definition) is 1. The number of pyridine rings is 1. The largest absolute Gasteiger partial charge is 0.382 e. The second-order valence-electron chi connectivity index (χ2n) is 8.94. The third-order valence-corrected chi connectivity index (χ3v) is 7.60. The van der Waals surface area contributed by atoms with Crippen LogP contribution in [0.3, 0.4) is 0 Å². The highest BCUT2D eigenvalue weighted by Crippen LogP contribution is 2.34. The van der Waals surface area contributed by atoms with Crippen molar-refractivity contribution in [2.45, 2.75) is 43.5 Å². The summed E-state index contributed by atoms with van der Waals surface area (Å²) < 4.78 is 31.1. The molecule has 172 valence electrons. The molecule has 2 aliphatic rings. The number of rotatable bonds is 6. The van der Waals surface area contributed by atoms with Crippen molar-refractivity contribution in [2.24, 2.45) is 5.92 Å². The zero-order valence-electron chi connectivity index (χ0n) is 18.5. The zero-order chi connectivity index (χ0) is 23.0. The van der Waals surface area contributed by atoms with Crippen LogP contribution in [0.1, 0.15) is 31.2 Å². The highest BCUT2D eigenvalue weighted by Gasteiger charge is 2.35. The summed E-state index contributed by atoms with van der Waals surface area (Å²) in [6.07, 6.45) is 7.16. The summed E-state index contributed by atoms with van der Waals surface area (Å²) in [7, 11) is -3.96. The summed E-state index contributed by atoms with van der Waals surface area (Å²) in [5.74, 6) is 0.784. The number of likely N-dealkylation sites (tertiary alicyclic amines) is 1. The Morgan fingerprint density at radius 1 is 1.06 bits per heavy atom. The van der Waals surface area contributed by atoms with E-state index in [0.717, 1.165) is 60.8 Å². The first-order chi connectivity index (χ1) is 15.9. The molecule has 2 aromatic carbocycles. The summed E-state index contributed by atoms with van der Waals surface area (Å²) >= 11 is 0. The molecular weight excluding hydrogens is 438 g/mol. The molecule has 8 heteroatoms. The quantitative estimate of drug-likeness (QED) is 0.551. The Morgan fingerprint density at radius 2 is 1.79 bits per heavy atom. The van der Waals surface area contributed by atoms with Crippen LogP contribution in [0, 0.1) is 12.8 Å². The number of anilines is 1. The molecule has 7 nitrogen and oxygen atoms in total. The highest BCUT2D eigenvalue weighted by atomic mass is 32.2. The summed E-state index contributed by atoms with van der Waals surface area (Å²) in [6.45, 7) is 3.38. The third kappa shape index (κ3) is 4.80. The minimum absolute atomic E-state index is 0.116. The molecule has 1 amide bonds. The van der Waals surface area contributed by atoms with Gasteiger partial charge in [-0.2, -0.15) is 8.42 Å². The molecule has 0 radical (unpaired) electrons. The van der Waals surface area contributed by atoms with E-state index in [2.05, 4.69) is 10.3 Å². The minimum atomic E-state index is -3.96. The van der Waals surface area contributed by atoms with Crippen LogP contribution >= 0.6 is 0 Å². The fourth-order valence-corrected chi connectivity index (χ4v) is 5.19. The molecular formula is C25H27N3O4S. The van der Waals surface area contributed by atoms with Crippen molar-refractivity contribution in [1.29, 1.82) is 0 Å². The molecule has 0 atom stereocenters. The Morgan fingerprint density at radius 3 is 2.48 bits per heavy atom. The molecule has 33 heavy (non-hydrogen) atoms. The van der Waals surface area contributed by atoms with E-state index in [9.17, 15) is 13.2 Å². The van der Waals surface area contributed by atoms with Crippen LogP contribution in [0.2, 0.25) is 0 Å². The van der Waals surface area contributed by atoms with Gasteiger partial charge in [-0.05, 0) is 62.3 Å². The Labute approximate surface area is 193 Å². The monoisotopic (exact) mass is 465 g/mol. The number of fused-ring (bicyclic) bond motifs is 1. The number of nitrogens with zero attached hydrogens (tertiary/aromatic N) is 2. The summed E-state index contributed by atoms with van der Waals surface area (Å²) in [5.41, 5.74) is 1.75. The number of carbonyl (C=O) groups excluding carboxylic acids is 1. The molecule has 5 rings (SSSR count). The van der Waals surface area contributed by atoms with E-state index in [0.29, 0.717) is 5.91 Å². The molecule has 1 N–H and O–H groups in total. The van der Waals surface area contributed by atoms with Crippen LogP contribution in [0.4, 0.5) is 5.69 Å². The van der Waals surface area contributed by atoms with E-state index in [1.54, 1.807) is 48.8 Å². The van der Waals surface area contributed by atoms with Gasteiger partial charge in [-0.3, -0.25) is 9.78 Å². The molecule has 2 fully saturated rings. The first-order valence-electron chi connectivity index (χ1n) is 11.3. The maximum Gasteiger partial charge on any atom is 0.339 e. The molecule has 3 aromatic rings. The predicted molar refractivity (Wildman–Crippen MR) is 127 cm³/mol. The van der Waals surface area contributed by atoms with Gasteiger partial charge in [0.2, 0.25) is 5.91 Å². The standard InChI is InChI=1S/C25H27N3O4S/c1-17-2-6-22(7-3-17)33(30,31)32-21-14-19-8-11-26-16-23(19)24(15-21)27-20-9-12-28(13-10-20)25(29)18-4-5-18/h2-3,6-8,11,14-16,18,20,27H,4-5,9-10,12-13H2,1H3. The molecule has 0 bridgehead atoms. The lowest BCUT2D eigenvalue weighted by atomic mass is 10.0. The predicted octanol–water partition coefficient (Wildman–Crippen LogP) is 4.12. The van der Waals surface area contributed by atoms with E-state index in [-0.39, 0.29) is 22.6 Å². The average molecular weight is 466 g/mol. The minimum Gasteiger partial charge on any atom is -0.382 e. The van der Waals surface area contributed by atoms with E-state index >= 15 is 0 Å². The number of aryl methyl sites for hydroxylation is 1. The van der Waals surface area contributed by atoms with Crippen LogP contribution in [0.15, 0.2) is 59.8 Å². The zero-order valence-corrected chi connectivity index (χ0v) is 19.3. The van der Waals surface area contributed by atoms with Gasteiger partial charge in [-0.1, -0.05) is 17.7 Å². The Kier molecular flexibility index (Phi) is 5.70. The number of carbonyl (C=O) groups is 1. The molecule has 1 aliphatic heterocycles. The molecule has 1 saturated heterocycles. The van der Waals surface area contributed by atoms with Gasteiger partial charge in [0.15, 0.2) is 0 Å². The number of piperidine rings is 1. The van der Waals surface area contributed by atoms with Gasteiger partial charge in [0.1, 0.15) is 10.6 Å². The lowest BCUT2D eigenvalue weighted by Crippen LogP contribution is -2.43. The van der Waals surface area contributed by atoms with Gasteiger partial charge in [-0.15, -0.1) is 0 Å². The molecule has 2 heterocycles. The van der Waals surface area contributed by atoms with Crippen molar-refractivity contribution in [1.82, 2.24) is 9.88 Å². The SMILES string of the molecule is Cc1ccc(S(=O)(=O)Oc2cc(NC3CCN(C(=O)C4CC4)CC3)c3cnccc3c2)cc1. The van der Waals surface area contributed by atoms with E-state index in [4.69, 9.17) is 4.18 Å². The molecule has 1 aromatic heterocycles. The maximum atomic E-state index is 12.8. The van der Waals surface area contributed by atoms with Crippen molar-refractivity contribution >= 4 is 32.5 Å². The van der Waals surface area contributed by atoms with E-state index in [1.165, 1.54) is 0 Å². The smallest absolute Gasteiger partial charge is 0.339 e. The lowest BCUT2D eigenvalue weighted by molar-refractivity contribution is -0.133. The second kappa shape index (κ2) is 8.67. The van der Waals surface area contributed by atoms with Gasteiger partial charge in [-0.25, -0.2) is 0 Å². The normalized spacial score (nSPS) is 17.2. The summed E-state index contributed by atoms with van der Waals surface area (Å²) in [5, 5.41) is 5.28. The summed E-state index contributed by atoms with van der Waals surface area (Å²) in [6, 6.07) is 12.0. The van der Waals surface area contributed by atoms with Crippen LogP contribution < -0.4 is 9.50 Å². The Bertz CT molecular complexity index is 1280. The second-order valence-corrected chi connectivity index (χ2v) is 10.5. The fourth-order valence-electron chi connectivity index (χ4n) is 4.27. The van der Waals surface area contributed by atoms with Crippen molar-refractivity contribution in [3.05, 3.63) is 60.4 Å². The highest BCUT2D eigenvalue weighted by molar-refractivity contribution is 7.87. The van der Waals surface area contributed by atoms with Gasteiger partial charge < -0.3 is 14.4 Å². The van der Waals surface area contributed by atoms with Crippen molar-refractivity contribution in [3.63, 3.8) is 0 Å². The third-order valence-electron chi connectivity index (χ3n) is 6.34. The molecule has 1 saturated carbocycles. The number of benzene rings is 2. The van der Waals surface area contributed by atoms with Gasteiger partial charge in [0, 0.05) is 54.6 Å². The number of nitrogens with one attached hydrogen (secondary N) is 1. The van der Waals surface area contributed by atoms with Crippen LogP contribution in [-0.4, -0.2) is 43.3 Å². The van der Waals surface area contributed by atoms with Gasteiger partial charge in [0.25, 0.3) is 0 Å². The Hall–Kier alpha value is -3.13. The average Bonchev–Trinajstić information content (AvgIpc) is 3.65. The van der Waals surface area contributed by atoms with Crippen LogP contribution in [0.5, 0.6) is 5.75 Å². The summed E-state index contributed by atoms with van der Waals surface area (Å²) in [4.78, 5) is 18.7.